The Kier molecular flexibility index (Phi) is 7.81. The number of aromatic nitrogens is 1. The van der Waals surface area contributed by atoms with Crippen molar-refractivity contribution in [3.63, 3.8) is 0 Å². The normalized spacial score (nSPS) is 19.2. The van der Waals surface area contributed by atoms with Crippen LogP contribution in [0.25, 0.3) is 0 Å². The van der Waals surface area contributed by atoms with E-state index in [0.717, 1.165) is 36.5 Å². The van der Waals surface area contributed by atoms with Gasteiger partial charge in [0, 0.05) is 44.4 Å². The smallest absolute Gasteiger partial charge is 0.223 e. The summed E-state index contributed by atoms with van der Waals surface area (Å²) < 4.78 is 5.69. The summed E-state index contributed by atoms with van der Waals surface area (Å²) in [4.78, 5) is 31.1. The molecule has 3 heterocycles. The summed E-state index contributed by atoms with van der Waals surface area (Å²) in [5.74, 6) is 1.76. The zero-order valence-electron chi connectivity index (χ0n) is 17.0. The molecule has 1 unspecified atom stereocenters. The van der Waals surface area contributed by atoms with E-state index in [0.29, 0.717) is 39.0 Å². The SMILES string of the molecule is Cc1ccc(CN2CCCC(C(=O)NCc3ccncc3)CCNC(=O)CC2)o1. The van der Waals surface area contributed by atoms with Gasteiger partial charge >= 0.3 is 0 Å². The fraction of sp³-hybridized carbons (Fsp3) is 0.500. The van der Waals surface area contributed by atoms with Crippen molar-refractivity contribution in [2.45, 2.75) is 45.7 Å². The molecular weight excluding hydrogens is 368 g/mol. The maximum atomic E-state index is 12.7. The van der Waals surface area contributed by atoms with Gasteiger partial charge in [0.05, 0.1) is 6.54 Å². The van der Waals surface area contributed by atoms with Gasteiger partial charge < -0.3 is 15.1 Å². The zero-order valence-corrected chi connectivity index (χ0v) is 17.0. The summed E-state index contributed by atoms with van der Waals surface area (Å²) in [7, 11) is 0. The minimum atomic E-state index is -0.108. The van der Waals surface area contributed by atoms with E-state index < -0.39 is 0 Å². The fourth-order valence-electron chi connectivity index (χ4n) is 3.60. The van der Waals surface area contributed by atoms with Crippen LogP contribution in [0.4, 0.5) is 0 Å². The molecule has 156 valence electrons. The van der Waals surface area contributed by atoms with Crippen molar-refractivity contribution < 1.29 is 14.0 Å². The van der Waals surface area contributed by atoms with Crippen LogP contribution in [-0.2, 0) is 22.7 Å². The van der Waals surface area contributed by atoms with Gasteiger partial charge in [0.25, 0.3) is 0 Å². The van der Waals surface area contributed by atoms with Crippen molar-refractivity contribution in [1.82, 2.24) is 20.5 Å². The third-order valence-electron chi connectivity index (χ3n) is 5.26. The maximum Gasteiger partial charge on any atom is 0.223 e. The predicted molar refractivity (Wildman–Crippen MR) is 110 cm³/mol. The minimum absolute atomic E-state index is 0.0310. The quantitative estimate of drug-likeness (QED) is 0.808. The molecule has 2 amide bonds. The molecule has 2 N–H and O–H groups in total. The van der Waals surface area contributed by atoms with E-state index in [1.54, 1.807) is 12.4 Å². The monoisotopic (exact) mass is 398 g/mol. The van der Waals surface area contributed by atoms with E-state index in [2.05, 4.69) is 20.5 Å². The summed E-state index contributed by atoms with van der Waals surface area (Å²) in [6.45, 7) is 5.16. The second-order valence-corrected chi connectivity index (χ2v) is 7.59. The van der Waals surface area contributed by atoms with Crippen LogP contribution in [0.15, 0.2) is 41.1 Å². The summed E-state index contributed by atoms with van der Waals surface area (Å²) in [5.41, 5.74) is 1.03. The highest BCUT2D eigenvalue weighted by atomic mass is 16.3. The van der Waals surface area contributed by atoms with E-state index >= 15 is 0 Å². The van der Waals surface area contributed by atoms with Gasteiger partial charge in [-0.25, -0.2) is 0 Å². The molecule has 1 aliphatic rings. The topological polar surface area (TPSA) is 87.5 Å². The first-order chi connectivity index (χ1) is 14.1. The second-order valence-electron chi connectivity index (χ2n) is 7.59. The molecule has 0 spiro atoms. The highest BCUT2D eigenvalue weighted by Gasteiger charge is 2.20. The lowest BCUT2D eigenvalue weighted by atomic mass is 9.98. The molecule has 0 radical (unpaired) electrons. The van der Waals surface area contributed by atoms with Crippen LogP contribution in [0.3, 0.4) is 0 Å². The number of nitrogens with one attached hydrogen (secondary N) is 2. The number of pyridine rings is 1. The largest absolute Gasteiger partial charge is 0.465 e. The van der Waals surface area contributed by atoms with Gasteiger partial charge in [0.2, 0.25) is 11.8 Å². The average Bonchev–Trinajstić information content (AvgIpc) is 3.12. The van der Waals surface area contributed by atoms with Crippen molar-refractivity contribution in [3.05, 3.63) is 53.7 Å². The third kappa shape index (κ3) is 7.02. The van der Waals surface area contributed by atoms with E-state index in [1.807, 2.05) is 31.2 Å². The first kappa shape index (κ1) is 21.0. The number of carbonyl (C=O) groups excluding carboxylic acids is 2. The fourth-order valence-corrected chi connectivity index (χ4v) is 3.60. The number of nitrogens with zero attached hydrogens (tertiary/aromatic N) is 2. The van der Waals surface area contributed by atoms with E-state index in [-0.39, 0.29) is 17.7 Å². The highest BCUT2D eigenvalue weighted by Crippen LogP contribution is 2.16. The van der Waals surface area contributed by atoms with Crippen LogP contribution in [0.2, 0.25) is 0 Å². The molecule has 1 atom stereocenters. The van der Waals surface area contributed by atoms with Crippen LogP contribution in [0.5, 0.6) is 0 Å². The molecule has 1 aliphatic heterocycles. The molecule has 1 saturated heterocycles. The molecule has 3 rings (SSSR count). The molecule has 0 aromatic carbocycles. The molecule has 0 aliphatic carbocycles. The lowest BCUT2D eigenvalue weighted by Gasteiger charge is -2.21. The molecule has 0 bridgehead atoms. The summed E-state index contributed by atoms with van der Waals surface area (Å²) in [5, 5.41) is 5.98. The van der Waals surface area contributed by atoms with Gasteiger partial charge in [-0.15, -0.1) is 0 Å². The molecule has 7 nitrogen and oxygen atoms in total. The number of carbonyl (C=O) groups is 2. The maximum absolute atomic E-state index is 12.7. The Bertz CT molecular complexity index is 790. The van der Waals surface area contributed by atoms with Gasteiger partial charge in [-0.2, -0.15) is 0 Å². The molecule has 2 aromatic rings. The van der Waals surface area contributed by atoms with Crippen LogP contribution in [0, 0.1) is 12.8 Å². The Balaban J connectivity index is 1.55. The lowest BCUT2D eigenvalue weighted by molar-refractivity contribution is -0.126. The van der Waals surface area contributed by atoms with Gasteiger partial charge in [-0.1, -0.05) is 0 Å². The van der Waals surface area contributed by atoms with Gasteiger partial charge in [0.1, 0.15) is 11.5 Å². The Morgan fingerprint density at radius 3 is 2.83 bits per heavy atom. The van der Waals surface area contributed by atoms with Crippen LogP contribution in [-0.4, -0.2) is 41.3 Å². The lowest BCUT2D eigenvalue weighted by Crippen LogP contribution is -2.33. The van der Waals surface area contributed by atoms with Gasteiger partial charge in [0.15, 0.2) is 0 Å². The van der Waals surface area contributed by atoms with Gasteiger partial charge in [-0.05, 0) is 62.6 Å². The van der Waals surface area contributed by atoms with Crippen LogP contribution >= 0.6 is 0 Å². The molecule has 29 heavy (non-hydrogen) atoms. The second kappa shape index (κ2) is 10.8. The van der Waals surface area contributed by atoms with E-state index in [1.165, 1.54) is 0 Å². The van der Waals surface area contributed by atoms with E-state index in [9.17, 15) is 9.59 Å². The van der Waals surface area contributed by atoms with Crippen LogP contribution in [0.1, 0.15) is 42.8 Å². The summed E-state index contributed by atoms with van der Waals surface area (Å²) in [6, 6.07) is 7.73. The first-order valence-electron chi connectivity index (χ1n) is 10.3. The Morgan fingerprint density at radius 2 is 2.07 bits per heavy atom. The Hall–Kier alpha value is -2.67. The standard InChI is InChI=1S/C22H30N4O3/c1-17-4-5-20(29-17)16-26-13-2-3-19(8-12-24-21(27)9-14-26)22(28)25-15-18-6-10-23-11-7-18/h4-7,10-11,19H,2-3,8-9,12-16H2,1H3,(H,24,27)(H,25,28). The zero-order chi connectivity index (χ0) is 20.5. The molecule has 0 saturated carbocycles. The van der Waals surface area contributed by atoms with Crippen molar-refractivity contribution >= 4 is 11.8 Å². The van der Waals surface area contributed by atoms with Crippen molar-refractivity contribution in [2.24, 2.45) is 5.92 Å². The van der Waals surface area contributed by atoms with Crippen molar-refractivity contribution in [2.75, 3.05) is 19.6 Å². The van der Waals surface area contributed by atoms with Crippen molar-refractivity contribution in [1.29, 1.82) is 0 Å². The Morgan fingerprint density at radius 1 is 1.24 bits per heavy atom. The number of furan rings is 1. The predicted octanol–water partition coefficient (Wildman–Crippen LogP) is 2.41. The number of hydrogen-bond acceptors (Lipinski definition) is 5. The molecule has 2 aromatic heterocycles. The number of rotatable bonds is 5. The van der Waals surface area contributed by atoms with Crippen LogP contribution < -0.4 is 10.6 Å². The number of aryl methyl sites for hydroxylation is 1. The highest BCUT2D eigenvalue weighted by molar-refractivity contribution is 5.79. The number of amides is 2. The average molecular weight is 399 g/mol. The molecular formula is C22H30N4O3. The molecule has 7 heteroatoms. The summed E-state index contributed by atoms with van der Waals surface area (Å²) >= 11 is 0. The first-order valence-corrected chi connectivity index (χ1v) is 10.3. The summed E-state index contributed by atoms with van der Waals surface area (Å²) in [6.07, 6.45) is 6.26. The molecule has 1 fully saturated rings. The third-order valence-corrected chi connectivity index (χ3v) is 5.26. The van der Waals surface area contributed by atoms with Crippen molar-refractivity contribution in [3.8, 4) is 0 Å². The minimum Gasteiger partial charge on any atom is -0.465 e. The number of hydrogen-bond donors (Lipinski definition) is 2. The Labute approximate surface area is 171 Å². The van der Waals surface area contributed by atoms with Gasteiger partial charge in [-0.3, -0.25) is 19.5 Å². The van der Waals surface area contributed by atoms with E-state index in [4.69, 9.17) is 4.42 Å².